The Morgan fingerprint density at radius 1 is 1.15 bits per heavy atom. The van der Waals surface area contributed by atoms with E-state index in [0.717, 1.165) is 37.7 Å². The lowest BCUT2D eigenvalue weighted by Gasteiger charge is -2.33. The molecular weight excluding hydrogens is 254 g/mol. The number of phenolic OH excluding ortho intramolecular Hbond substituents is 1. The lowest BCUT2D eigenvalue weighted by atomic mass is 9.80. The monoisotopic (exact) mass is 273 g/mol. The molecule has 1 amide bonds. The fraction of sp³-hybridized carbons (Fsp3) is 0.438. The molecule has 0 atom stereocenters. The standard InChI is InChI=1S/C16H19NO3/c1-10-5-6-11(18)9-12(10)13-14(19)16(17-15(13)20)7-3-2-4-8-16/h5-6,9,18-19H,2-4,7-8H2,1H3,(H,17,20). The van der Waals surface area contributed by atoms with E-state index in [-0.39, 0.29) is 17.4 Å². The number of benzene rings is 1. The van der Waals surface area contributed by atoms with Crippen molar-refractivity contribution in [1.29, 1.82) is 0 Å². The second-order valence-corrected chi connectivity index (χ2v) is 5.82. The lowest BCUT2D eigenvalue weighted by molar-refractivity contribution is -0.116. The van der Waals surface area contributed by atoms with Crippen LogP contribution in [0.4, 0.5) is 0 Å². The van der Waals surface area contributed by atoms with Gasteiger partial charge in [0, 0.05) is 0 Å². The fourth-order valence-electron chi connectivity index (χ4n) is 3.33. The van der Waals surface area contributed by atoms with Crippen LogP contribution in [-0.4, -0.2) is 21.7 Å². The van der Waals surface area contributed by atoms with Gasteiger partial charge in [0.25, 0.3) is 5.91 Å². The summed E-state index contributed by atoms with van der Waals surface area (Å²) in [4.78, 5) is 12.3. The molecule has 106 valence electrons. The van der Waals surface area contributed by atoms with Gasteiger partial charge in [0.1, 0.15) is 11.5 Å². The second kappa shape index (κ2) is 4.54. The minimum absolute atomic E-state index is 0.100. The lowest BCUT2D eigenvalue weighted by Crippen LogP contribution is -2.46. The molecule has 4 nitrogen and oxygen atoms in total. The number of nitrogens with one attached hydrogen (secondary N) is 1. The van der Waals surface area contributed by atoms with Crippen molar-refractivity contribution in [3.63, 3.8) is 0 Å². The average molecular weight is 273 g/mol. The van der Waals surface area contributed by atoms with E-state index in [2.05, 4.69) is 5.32 Å². The smallest absolute Gasteiger partial charge is 0.256 e. The SMILES string of the molecule is Cc1ccc(O)cc1C1=C(O)C2(CCCCC2)NC1=O. The Bertz CT molecular complexity index is 598. The zero-order valence-corrected chi connectivity index (χ0v) is 11.6. The minimum atomic E-state index is -0.581. The summed E-state index contributed by atoms with van der Waals surface area (Å²) in [7, 11) is 0. The quantitative estimate of drug-likeness (QED) is 0.737. The molecule has 1 aliphatic carbocycles. The predicted octanol–water partition coefficient (Wildman–Crippen LogP) is 2.80. The van der Waals surface area contributed by atoms with Crippen molar-refractivity contribution >= 4 is 11.5 Å². The molecule has 0 radical (unpaired) electrons. The van der Waals surface area contributed by atoms with Gasteiger partial charge in [0.15, 0.2) is 0 Å². The minimum Gasteiger partial charge on any atom is -0.509 e. The van der Waals surface area contributed by atoms with Crippen LogP contribution in [0, 0.1) is 6.92 Å². The van der Waals surface area contributed by atoms with Crippen LogP contribution in [0.15, 0.2) is 24.0 Å². The van der Waals surface area contributed by atoms with Crippen molar-refractivity contribution in [3.8, 4) is 5.75 Å². The Morgan fingerprint density at radius 2 is 1.85 bits per heavy atom. The number of hydrogen-bond donors (Lipinski definition) is 3. The molecule has 1 aromatic carbocycles. The maximum Gasteiger partial charge on any atom is 0.256 e. The number of aliphatic hydroxyl groups excluding tert-OH is 1. The first-order chi connectivity index (χ1) is 9.53. The molecule has 0 aromatic heterocycles. The molecule has 3 rings (SSSR count). The molecule has 0 saturated heterocycles. The maximum absolute atomic E-state index is 12.3. The molecule has 0 unspecified atom stereocenters. The van der Waals surface area contributed by atoms with Crippen molar-refractivity contribution in [3.05, 3.63) is 35.1 Å². The largest absolute Gasteiger partial charge is 0.509 e. The second-order valence-electron chi connectivity index (χ2n) is 5.82. The number of rotatable bonds is 1. The first-order valence-electron chi connectivity index (χ1n) is 7.10. The summed E-state index contributed by atoms with van der Waals surface area (Å²) in [5, 5.41) is 23.2. The average Bonchev–Trinajstić information content (AvgIpc) is 2.65. The highest BCUT2D eigenvalue weighted by molar-refractivity contribution is 6.23. The maximum atomic E-state index is 12.3. The van der Waals surface area contributed by atoms with E-state index < -0.39 is 5.54 Å². The number of phenols is 1. The van der Waals surface area contributed by atoms with Crippen LogP contribution < -0.4 is 5.32 Å². The van der Waals surface area contributed by atoms with Crippen LogP contribution in [0.2, 0.25) is 0 Å². The third-order valence-corrected chi connectivity index (χ3v) is 4.47. The normalized spacial score (nSPS) is 21.4. The molecule has 1 spiro atoms. The van der Waals surface area contributed by atoms with E-state index in [0.29, 0.717) is 11.1 Å². The molecule has 20 heavy (non-hydrogen) atoms. The van der Waals surface area contributed by atoms with Gasteiger partial charge in [-0.15, -0.1) is 0 Å². The van der Waals surface area contributed by atoms with Gasteiger partial charge >= 0.3 is 0 Å². The zero-order valence-electron chi connectivity index (χ0n) is 11.6. The first kappa shape index (κ1) is 13.0. The number of carbonyl (C=O) groups excluding carboxylic acids is 1. The Morgan fingerprint density at radius 3 is 2.55 bits per heavy atom. The first-order valence-corrected chi connectivity index (χ1v) is 7.10. The van der Waals surface area contributed by atoms with Crippen LogP contribution in [0.25, 0.3) is 5.57 Å². The van der Waals surface area contributed by atoms with Gasteiger partial charge in [0.2, 0.25) is 0 Å². The van der Waals surface area contributed by atoms with E-state index in [1.54, 1.807) is 18.2 Å². The molecule has 1 aromatic rings. The van der Waals surface area contributed by atoms with E-state index in [9.17, 15) is 15.0 Å². The van der Waals surface area contributed by atoms with Gasteiger partial charge in [-0.25, -0.2) is 0 Å². The van der Waals surface area contributed by atoms with Crippen molar-refractivity contribution in [1.82, 2.24) is 5.32 Å². The van der Waals surface area contributed by atoms with Gasteiger partial charge < -0.3 is 15.5 Å². The highest BCUT2D eigenvalue weighted by Gasteiger charge is 2.46. The van der Waals surface area contributed by atoms with E-state index in [1.807, 2.05) is 6.92 Å². The van der Waals surface area contributed by atoms with Crippen LogP contribution in [-0.2, 0) is 4.79 Å². The molecule has 3 N–H and O–H groups in total. The highest BCUT2D eigenvalue weighted by atomic mass is 16.3. The van der Waals surface area contributed by atoms with Crippen LogP contribution in [0.1, 0.15) is 43.2 Å². The Kier molecular flexibility index (Phi) is 2.96. The van der Waals surface area contributed by atoms with Gasteiger partial charge in [0.05, 0.1) is 11.1 Å². The zero-order chi connectivity index (χ0) is 14.3. The number of amides is 1. The van der Waals surface area contributed by atoms with Gasteiger partial charge in [-0.2, -0.15) is 0 Å². The third kappa shape index (κ3) is 1.87. The van der Waals surface area contributed by atoms with Gasteiger partial charge in [-0.3, -0.25) is 4.79 Å². The third-order valence-electron chi connectivity index (χ3n) is 4.47. The molecule has 2 aliphatic rings. The summed E-state index contributed by atoms with van der Waals surface area (Å²) in [5.74, 6) is 0.0114. The van der Waals surface area contributed by atoms with Crippen molar-refractivity contribution in [2.75, 3.05) is 0 Å². The van der Waals surface area contributed by atoms with Crippen LogP contribution >= 0.6 is 0 Å². The molecule has 1 saturated carbocycles. The molecule has 1 heterocycles. The van der Waals surface area contributed by atoms with E-state index in [1.165, 1.54) is 0 Å². The summed E-state index contributed by atoms with van der Waals surface area (Å²) < 4.78 is 0. The Balaban J connectivity index is 2.11. The summed E-state index contributed by atoms with van der Waals surface area (Å²) in [6.07, 6.45) is 4.73. The summed E-state index contributed by atoms with van der Waals surface area (Å²) >= 11 is 0. The molecular formula is C16H19NO3. The van der Waals surface area contributed by atoms with E-state index in [4.69, 9.17) is 0 Å². The van der Waals surface area contributed by atoms with Gasteiger partial charge in [-0.1, -0.05) is 25.3 Å². The predicted molar refractivity (Wildman–Crippen MR) is 76.4 cm³/mol. The van der Waals surface area contributed by atoms with E-state index >= 15 is 0 Å². The molecule has 0 bridgehead atoms. The van der Waals surface area contributed by atoms with Crippen LogP contribution in [0.5, 0.6) is 5.75 Å². The van der Waals surface area contributed by atoms with Crippen molar-refractivity contribution in [2.45, 2.75) is 44.6 Å². The number of aromatic hydroxyl groups is 1. The number of aliphatic hydroxyl groups is 1. The van der Waals surface area contributed by atoms with Gasteiger partial charge in [-0.05, 0) is 43.0 Å². The summed E-state index contributed by atoms with van der Waals surface area (Å²) in [6.45, 7) is 1.87. The van der Waals surface area contributed by atoms with Crippen LogP contribution in [0.3, 0.4) is 0 Å². The molecule has 1 aliphatic heterocycles. The molecule has 1 fully saturated rings. The summed E-state index contributed by atoms with van der Waals surface area (Å²) in [6, 6.07) is 4.88. The Labute approximate surface area is 118 Å². The van der Waals surface area contributed by atoms with Crippen molar-refractivity contribution in [2.24, 2.45) is 0 Å². The highest BCUT2D eigenvalue weighted by Crippen LogP contribution is 2.42. The Hall–Kier alpha value is -1.97. The van der Waals surface area contributed by atoms with Crippen molar-refractivity contribution < 1.29 is 15.0 Å². The number of carbonyl (C=O) groups is 1. The molecule has 4 heteroatoms. The number of hydrogen-bond acceptors (Lipinski definition) is 3. The fourth-order valence-corrected chi connectivity index (χ4v) is 3.33. The topological polar surface area (TPSA) is 69.6 Å². The number of aryl methyl sites for hydroxylation is 1. The summed E-state index contributed by atoms with van der Waals surface area (Å²) in [5.41, 5.74) is 1.22.